The van der Waals surface area contributed by atoms with Crippen molar-refractivity contribution in [3.05, 3.63) is 29.8 Å². The SMILES string of the molecule is CN(CCBr)c1cccc(C#N)c1. The first-order valence-corrected chi connectivity index (χ1v) is 5.17. The zero-order chi connectivity index (χ0) is 9.68. The summed E-state index contributed by atoms with van der Waals surface area (Å²) < 4.78 is 0. The van der Waals surface area contributed by atoms with E-state index < -0.39 is 0 Å². The molecular formula is C10H11BrN2. The van der Waals surface area contributed by atoms with E-state index >= 15 is 0 Å². The fourth-order valence-corrected chi connectivity index (χ4v) is 1.60. The summed E-state index contributed by atoms with van der Waals surface area (Å²) in [5, 5.41) is 9.63. The summed E-state index contributed by atoms with van der Waals surface area (Å²) in [4.78, 5) is 2.11. The smallest absolute Gasteiger partial charge is 0.0992 e. The second-order valence-electron chi connectivity index (χ2n) is 2.77. The molecule has 0 unspecified atom stereocenters. The molecular weight excluding hydrogens is 228 g/mol. The molecule has 0 fully saturated rings. The number of alkyl halides is 1. The number of anilines is 1. The number of hydrogen-bond acceptors (Lipinski definition) is 2. The first-order valence-electron chi connectivity index (χ1n) is 4.05. The van der Waals surface area contributed by atoms with Gasteiger partial charge in [-0.2, -0.15) is 5.26 Å². The number of rotatable bonds is 3. The average molecular weight is 239 g/mol. The predicted molar refractivity (Wildman–Crippen MR) is 58.2 cm³/mol. The Labute approximate surface area is 86.9 Å². The van der Waals surface area contributed by atoms with Crippen molar-refractivity contribution in [1.82, 2.24) is 0 Å². The van der Waals surface area contributed by atoms with Crippen molar-refractivity contribution in [2.45, 2.75) is 0 Å². The van der Waals surface area contributed by atoms with Gasteiger partial charge in [-0.3, -0.25) is 0 Å². The first kappa shape index (κ1) is 10.1. The van der Waals surface area contributed by atoms with Gasteiger partial charge >= 0.3 is 0 Å². The van der Waals surface area contributed by atoms with E-state index in [1.807, 2.05) is 31.3 Å². The normalized spacial score (nSPS) is 9.31. The van der Waals surface area contributed by atoms with Crippen LogP contribution in [0.25, 0.3) is 0 Å². The Morgan fingerprint density at radius 3 is 2.92 bits per heavy atom. The Hall–Kier alpha value is -1.01. The number of halogens is 1. The molecule has 0 aromatic heterocycles. The molecule has 0 bridgehead atoms. The monoisotopic (exact) mass is 238 g/mol. The van der Waals surface area contributed by atoms with Gasteiger partial charge in [0.15, 0.2) is 0 Å². The van der Waals surface area contributed by atoms with Crippen LogP contribution in [0.1, 0.15) is 5.56 Å². The molecule has 3 heteroatoms. The molecule has 0 heterocycles. The fourth-order valence-electron chi connectivity index (χ4n) is 1.07. The maximum absolute atomic E-state index is 8.70. The van der Waals surface area contributed by atoms with Crippen molar-refractivity contribution in [1.29, 1.82) is 5.26 Å². The van der Waals surface area contributed by atoms with Gasteiger partial charge in [-0.1, -0.05) is 22.0 Å². The highest BCUT2D eigenvalue weighted by molar-refractivity contribution is 9.09. The molecule has 13 heavy (non-hydrogen) atoms. The number of benzene rings is 1. The highest BCUT2D eigenvalue weighted by Gasteiger charge is 1.99. The summed E-state index contributed by atoms with van der Waals surface area (Å²) >= 11 is 3.38. The van der Waals surface area contributed by atoms with Gasteiger partial charge in [-0.05, 0) is 18.2 Å². The molecule has 68 valence electrons. The van der Waals surface area contributed by atoms with Crippen LogP contribution in [-0.4, -0.2) is 18.9 Å². The number of nitriles is 1. The largest absolute Gasteiger partial charge is 0.374 e. The van der Waals surface area contributed by atoms with Gasteiger partial charge in [-0.15, -0.1) is 0 Å². The summed E-state index contributed by atoms with van der Waals surface area (Å²) in [5.41, 5.74) is 1.79. The van der Waals surface area contributed by atoms with E-state index in [-0.39, 0.29) is 0 Å². The van der Waals surface area contributed by atoms with Crippen LogP contribution in [0.3, 0.4) is 0 Å². The lowest BCUT2D eigenvalue weighted by Gasteiger charge is -2.17. The molecule has 0 amide bonds. The average Bonchev–Trinajstić information content (AvgIpc) is 2.18. The zero-order valence-electron chi connectivity index (χ0n) is 7.50. The molecule has 0 spiro atoms. The molecule has 0 aliphatic carbocycles. The Balaban J connectivity index is 2.83. The molecule has 0 atom stereocenters. The summed E-state index contributed by atoms with van der Waals surface area (Å²) in [6, 6.07) is 9.73. The first-order chi connectivity index (χ1) is 6.27. The van der Waals surface area contributed by atoms with Gasteiger partial charge in [0.1, 0.15) is 0 Å². The van der Waals surface area contributed by atoms with Gasteiger partial charge in [0.05, 0.1) is 11.6 Å². The molecule has 1 aromatic rings. The lowest BCUT2D eigenvalue weighted by molar-refractivity contribution is 0.982. The predicted octanol–water partition coefficient (Wildman–Crippen LogP) is 2.39. The Bertz CT molecular complexity index is 317. The van der Waals surface area contributed by atoms with Crippen LogP contribution >= 0.6 is 15.9 Å². The van der Waals surface area contributed by atoms with Gasteiger partial charge in [0, 0.05) is 24.6 Å². The van der Waals surface area contributed by atoms with Crippen LogP contribution < -0.4 is 4.90 Å². The molecule has 1 rings (SSSR count). The topological polar surface area (TPSA) is 27.0 Å². The van der Waals surface area contributed by atoms with Gasteiger partial charge in [0.2, 0.25) is 0 Å². The van der Waals surface area contributed by atoms with Crippen molar-refractivity contribution < 1.29 is 0 Å². The minimum atomic E-state index is 0.707. The van der Waals surface area contributed by atoms with Crippen LogP contribution in [0.5, 0.6) is 0 Å². The Kier molecular flexibility index (Phi) is 3.78. The van der Waals surface area contributed by atoms with Crippen molar-refractivity contribution in [2.75, 3.05) is 23.8 Å². The van der Waals surface area contributed by atoms with Crippen molar-refractivity contribution in [3.8, 4) is 6.07 Å². The molecule has 0 aliphatic rings. The van der Waals surface area contributed by atoms with E-state index in [1.165, 1.54) is 0 Å². The number of nitrogens with zero attached hydrogens (tertiary/aromatic N) is 2. The lowest BCUT2D eigenvalue weighted by atomic mass is 10.2. The van der Waals surface area contributed by atoms with E-state index in [0.29, 0.717) is 5.56 Å². The third-order valence-corrected chi connectivity index (χ3v) is 2.19. The van der Waals surface area contributed by atoms with E-state index in [1.54, 1.807) is 0 Å². The summed E-state index contributed by atoms with van der Waals surface area (Å²) in [6.07, 6.45) is 0. The minimum absolute atomic E-state index is 0.707. The molecule has 1 aromatic carbocycles. The van der Waals surface area contributed by atoms with E-state index in [0.717, 1.165) is 17.6 Å². The fraction of sp³-hybridized carbons (Fsp3) is 0.300. The molecule has 0 saturated heterocycles. The quantitative estimate of drug-likeness (QED) is 0.757. The second kappa shape index (κ2) is 4.88. The maximum Gasteiger partial charge on any atom is 0.0992 e. The minimum Gasteiger partial charge on any atom is -0.374 e. The Morgan fingerprint density at radius 2 is 2.31 bits per heavy atom. The van der Waals surface area contributed by atoms with E-state index in [2.05, 4.69) is 26.9 Å². The van der Waals surface area contributed by atoms with Crippen LogP contribution in [0.2, 0.25) is 0 Å². The molecule has 0 saturated carbocycles. The van der Waals surface area contributed by atoms with Gasteiger partial charge in [-0.25, -0.2) is 0 Å². The third kappa shape index (κ3) is 2.74. The van der Waals surface area contributed by atoms with Crippen LogP contribution in [0.15, 0.2) is 24.3 Å². The highest BCUT2D eigenvalue weighted by Crippen LogP contribution is 2.13. The standard InChI is InChI=1S/C10H11BrN2/c1-13(6-5-11)10-4-2-3-9(7-10)8-12/h2-4,7H,5-6H2,1H3. The van der Waals surface area contributed by atoms with Crippen LogP contribution in [-0.2, 0) is 0 Å². The van der Waals surface area contributed by atoms with Gasteiger partial charge in [0.25, 0.3) is 0 Å². The second-order valence-corrected chi connectivity index (χ2v) is 3.57. The third-order valence-electron chi connectivity index (χ3n) is 1.84. The van der Waals surface area contributed by atoms with Gasteiger partial charge < -0.3 is 4.90 Å². The molecule has 0 N–H and O–H groups in total. The van der Waals surface area contributed by atoms with Crippen molar-refractivity contribution in [3.63, 3.8) is 0 Å². The summed E-state index contributed by atoms with van der Waals surface area (Å²) in [7, 11) is 2.01. The molecule has 0 radical (unpaired) electrons. The van der Waals surface area contributed by atoms with Crippen molar-refractivity contribution >= 4 is 21.6 Å². The highest BCUT2D eigenvalue weighted by atomic mass is 79.9. The van der Waals surface area contributed by atoms with Crippen LogP contribution in [0, 0.1) is 11.3 Å². The maximum atomic E-state index is 8.70. The lowest BCUT2D eigenvalue weighted by Crippen LogP contribution is -2.19. The Morgan fingerprint density at radius 1 is 1.54 bits per heavy atom. The van der Waals surface area contributed by atoms with Crippen molar-refractivity contribution in [2.24, 2.45) is 0 Å². The number of hydrogen-bond donors (Lipinski definition) is 0. The summed E-state index contributed by atoms with van der Waals surface area (Å²) in [6.45, 7) is 0.939. The molecule has 0 aliphatic heterocycles. The van der Waals surface area contributed by atoms with E-state index in [9.17, 15) is 0 Å². The van der Waals surface area contributed by atoms with Crippen LogP contribution in [0.4, 0.5) is 5.69 Å². The zero-order valence-corrected chi connectivity index (χ0v) is 9.08. The molecule has 2 nitrogen and oxygen atoms in total. The summed E-state index contributed by atoms with van der Waals surface area (Å²) in [5.74, 6) is 0. The van der Waals surface area contributed by atoms with E-state index in [4.69, 9.17) is 5.26 Å².